The maximum atomic E-state index is 14.0. The third kappa shape index (κ3) is 4.71. The second-order valence-corrected chi connectivity index (χ2v) is 12.2. The van der Waals surface area contributed by atoms with Gasteiger partial charge in [-0.15, -0.1) is 11.3 Å². The Bertz CT molecular complexity index is 1560. The van der Waals surface area contributed by atoms with E-state index >= 15 is 0 Å². The molecule has 1 amide bonds. The Labute approximate surface area is 230 Å². The van der Waals surface area contributed by atoms with Crippen LogP contribution in [0.4, 0.5) is 4.39 Å². The van der Waals surface area contributed by atoms with Crippen molar-refractivity contribution in [2.75, 3.05) is 14.2 Å². The minimum Gasteiger partial charge on any atom is -0.497 e. The Morgan fingerprint density at radius 3 is 2.49 bits per heavy atom. The van der Waals surface area contributed by atoms with Gasteiger partial charge in [-0.1, -0.05) is 24.3 Å². The summed E-state index contributed by atoms with van der Waals surface area (Å²) in [4.78, 5) is 26.2. The maximum absolute atomic E-state index is 14.0. The molecule has 202 valence electrons. The first-order valence-electron chi connectivity index (χ1n) is 13.2. The third-order valence-electron chi connectivity index (χ3n) is 8.34. The summed E-state index contributed by atoms with van der Waals surface area (Å²) in [5, 5.41) is 3.25. The van der Waals surface area contributed by atoms with E-state index in [0.29, 0.717) is 12.3 Å². The van der Waals surface area contributed by atoms with E-state index in [1.165, 1.54) is 26.4 Å². The number of carbonyl (C=O) groups is 2. The number of aryl methyl sites for hydroxylation is 1. The largest absolute Gasteiger partial charge is 0.497 e. The van der Waals surface area contributed by atoms with Gasteiger partial charge in [-0.05, 0) is 72.9 Å². The average Bonchev–Trinajstić information content (AvgIpc) is 3.41. The summed E-state index contributed by atoms with van der Waals surface area (Å²) in [5.74, 6) is 0.0146. The number of methoxy groups -OCH3 is 2. The maximum Gasteiger partial charge on any atom is 0.308 e. The van der Waals surface area contributed by atoms with Gasteiger partial charge in [-0.25, -0.2) is 4.39 Å². The Balaban J connectivity index is 1.15. The van der Waals surface area contributed by atoms with Crippen molar-refractivity contribution >= 4 is 33.4 Å². The summed E-state index contributed by atoms with van der Waals surface area (Å²) in [5.41, 5.74) is 4.64. The predicted octanol–water partition coefficient (Wildman–Crippen LogP) is 6.34. The van der Waals surface area contributed by atoms with Crippen molar-refractivity contribution in [1.29, 1.82) is 0 Å². The topological polar surface area (TPSA) is 69.6 Å². The Hall–Kier alpha value is -3.65. The molecule has 0 unspecified atom stereocenters. The highest BCUT2D eigenvalue weighted by Crippen LogP contribution is 2.59. The van der Waals surface area contributed by atoms with Gasteiger partial charge in [0.1, 0.15) is 11.6 Å². The van der Waals surface area contributed by atoms with E-state index in [1.807, 2.05) is 43.5 Å². The van der Waals surface area contributed by atoms with Crippen LogP contribution in [0, 0.1) is 24.1 Å². The van der Waals surface area contributed by atoms with Crippen LogP contribution in [0.2, 0.25) is 0 Å². The number of nitrogens with one attached hydrogen (secondary N) is 1. The molecule has 6 rings (SSSR count). The molecule has 2 aromatic carbocycles. The van der Waals surface area contributed by atoms with Crippen LogP contribution in [0.5, 0.6) is 5.75 Å². The number of thiophene rings is 1. The normalized spacial score (nSPS) is 21.8. The summed E-state index contributed by atoms with van der Waals surface area (Å²) in [6, 6.07) is 14.9. The molecular formula is C31H31FN2O4S. The zero-order chi connectivity index (χ0) is 27.3. The molecule has 2 aliphatic carbocycles. The standard InChI is InChI=1S/C31H31FN2O4S/c1-18-27(29(35)33-24-15-31(16-24)13-22(14-31)30(36)38-3)28-26(39-18)8-9-34(28)17-19-4-6-20(7-5-19)21-10-23(32)12-25(11-21)37-2/h4-12,22,24H,13-17H2,1-3H3,(H,33,35). The molecule has 2 heterocycles. The number of hydrogen-bond acceptors (Lipinski definition) is 5. The SMILES string of the molecule is COC(=O)C1CC2(CC(NC(=O)c3c(C)sc4ccn(Cc5ccc(-c6cc(F)cc(OC)c6)cc5)c34)C2)C1. The van der Waals surface area contributed by atoms with E-state index in [1.54, 1.807) is 11.3 Å². The van der Waals surface area contributed by atoms with Crippen molar-refractivity contribution in [2.24, 2.45) is 11.3 Å². The van der Waals surface area contributed by atoms with Crippen molar-refractivity contribution in [2.45, 2.75) is 45.2 Å². The number of ether oxygens (including phenoxy) is 2. The van der Waals surface area contributed by atoms with E-state index in [0.717, 1.165) is 63.0 Å². The number of carbonyl (C=O) groups excluding carboxylic acids is 2. The molecule has 0 saturated heterocycles. The zero-order valence-electron chi connectivity index (χ0n) is 22.3. The van der Waals surface area contributed by atoms with Gasteiger partial charge in [0.05, 0.1) is 35.9 Å². The third-order valence-corrected chi connectivity index (χ3v) is 9.40. The van der Waals surface area contributed by atoms with Crippen LogP contribution in [0.3, 0.4) is 0 Å². The number of halogens is 1. The zero-order valence-corrected chi connectivity index (χ0v) is 23.1. The first-order valence-corrected chi connectivity index (χ1v) is 14.0. The van der Waals surface area contributed by atoms with E-state index in [4.69, 9.17) is 9.47 Å². The van der Waals surface area contributed by atoms with E-state index in [-0.39, 0.29) is 35.1 Å². The van der Waals surface area contributed by atoms with Crippen LogP contribution in [-0.4, -0.2) is 36.7 Å². The summed E-state index contributed by atoms with van der Waals surface area (Å²) < 4.78 is 27.3. The molecule has 0 radical (unpaired) electrons. The van der Waals surface area contributed by atoms with Gasteiger partial charge in [-0.3, -0.25) is 9.59 Å². The summed E-state index contributed by atoms with van der Waals surface area (Å²) in [6.45, 7) is 2.62. The number of fused-ring (bicyclic) bond motifs is 1. The van der Waals surface area contributed by atoms with E-state index in [9.17, 15) is 14.0 Å². The van der Waals surface area contributed by atoms with Gasteiger partial charge < -0.3 is 19.4 Å². The number of amides is 1. The Morgan fingerprint density at radius 1 is 1.05 bits per heavy atom. The lowest BCUT2D eigenvalue weighted by Crippen LogP contribution is -2.57. The van der Waals surface area contributed by atoms with Gasteiger partial charge in [0.2, 0.25) is 0 Å². The molecular weight excluding hydrogens is 515 g/mol. The highest BCUT2D eigenvalue weighted by Gasteiger charge is 2.55. The predicted molar refractivity (Wildman–Crippen MR) is 150 cm³/mol. The summed E-state index contributed by atoms with van der Waals surface area (Å²) in [6.07, 6.45) is 5.60. The van der Waals surface area contributed by atoms with Gasteiger partial charge in [0, 0.05) is 29.7 Å². The van der Waals surface area contributed by atoms with Gasteiger partial charge in [0.15, 0.2) is 0 Å². The lowest BCUT2D eigenvalue weighted by molar-refractivity contribution is -0.159. The fourth-order valence-corrected chi connectivity index (χ4v) is 7.49. The van der Waals surface area contributed by atoms with Crippen LogP contribution in [0.25, 0.3) is 21.3 Å². The molecule has 0 bridgehead atoms. The van der Waals surface area contributed by atoms with Crippen LogP contribution in [-0.2, 0) is 16.1 Å². The fraction of sp³-hybridized carbons (Fsp3) is 0.355. The van der Waals surface area contributed by atoms with Crippen molar-refractivity contribution in [3.8, 4) is 16.9 Å². The number of benzene rings is 2. The Morgan fingerprint density at radius 2 is 1.79 bits per heavy atom. The van der Waals surface area contributed by atoms with Crippen molar-refractivity contribution in [3.05, 3.63) is 76.5 Å². The fourth-order valence-electron chi connectivity index (χ4n) is 6.43. The van der Waals surface area contributed by atoms with Crippen LogP contribution < -0.4 is 10.1 Å². The van der Waals surface area contributed by atoms with Crippen LogP contribution in [0.1, 0.15) is 46.5 Å². The smallest absolute Gasteiger partial charge is 0.308 e. The molecule has 0 atom stereocenters. The highest BCUT2D eigenvalue weighted by molar-refractivity contribution is 7.19. The molecule has 39 heavy (non-hydrogen) atoms. The van der Waals surface area contributed by atoms with Crippen LogP contribution in [0.15, 0.2) is 54.7 Å². The molecule has 0 aliphatic heterocycles. The number of nitrogens with zero attached hydrogens (tertiary/aromatic N) is 1. The first-order chi connectivity index (χ1) is 18.8. The summed E-state index contributed by atoms with van der Waals surface area (Å²) in [7, 11) is 2.97. The summed E-state index contributed by atoms with van der Waals surface area (Å²) >= 11 is 1.64. The number of esters is 1. The number of aromatic nitrogens is 1. The van der Waals surface area contributed by atoms with E-state index in [2.05, 4.69) is 16.0 Å². The van der Waals surface area contributed by atoms with Gasteiger partial charge >= 0.3 is 5.97 Å². The minimum absolute atomic E-state index is 0.0134. The monoisotopic (exact) mass is 546 g/mol. The second kappa shape index (κ2) is 9.83. The van der Waals surface area contributed by atoms with Crippen molar-refractivity contribution < 1.29 is 23.5 Å². The lowest BCUT2D eigenvalue weighted by Gasteiger charge is -2.56. The minimum atomic E-state index is -0.336. The molecule has 6 nitrogen and oxygen atoms in total. The molecule has 1 N–H and O–H groups in total. The van der Waals surface area contributed by atoms with Crippen LogP contribution >= 0.6 is 11.3 Å². The molecule has 2 aliphatic rings. The van der Waals surface area contributed by atoms with Crippen molar-refractivity contribution in [3.63, 3.8) is 0 Å². The highest BCUT2D eigenvalue weighted by atomic mass is 32.1. The first kappa shape index (κ1) is 25.6. The Kier molecular flexibility index (Phi) is 6.46. The lowest BCUT2D eigenvalue weighted by atomic mass is 9.50. The van der Waals surface area contributed by atoms with E-state index < -0.39 is 0 Å². The molecule has 1 spiro atoms. The van der Waals surface area contributed by atoms with Gasteiger partial charge in [0.25, 0.3) is 5.91 Å². The molecule has 4 aromatic rings. The quantitative estimate of drug-likeness (QED) is 0.275. The molecule has 8 heteroatoms. The molecule has 2 aromatic heterocycles. The molecule has 2 saturated carbocycles. The number of rotatable bonds is 7. The number of hydrogen-bond donors (Lipinski definition) is 1. The average molecular weight is 547 g/mol. The molecule has 2 fully saturated rings. The second-order valence-electron chi connectivity index (χ2n) is 11.0. The van der Waals surface area contributed by atoms with Gasteiger partial charge in [-0.2, -0.15) is 0 Å². The van der Waals surface area contributed by atoms with Crippen molar-refractivity contribution in [1.82, 2.24) is 9.88 Å².